The minimum Gasteiger partial charge on any atom is -0.396 e. The van der Waals surface area contributed by atoms with Crippen molar-refractivity contribution in [3.63, 3.8) is 0 Å². The third-order valence-corrected chi connectivity index (χ3v) is 3.50. The number of carbonyl (C=O) groups excluding carboxylic acids is 1. The third kappa shape index (κ3) is 2.66. The summed E-state index contributed by atoms with van der Waals surface area (Å²) < 4.78 is 0. The normalized spacial score (nSPS) is 17.4. The standard InChI is InChI=1S/C12H19N3O2/c1-9-11(8-13-14-9)12(17)15-5-2-10(3-6-15)4-7-16/h8,10,16H,2-7H2,1H3,(H,13,14). The van der Waals surface area contributed by atoms with Gasteiger partial charge in [-0.25, -0.2) is 0 Å². The number of aromatic nitrogens is 2. The highest BCUT2D eigenvalue weighted by atomic mass is 16.3. The number of carbonyl (C=O) groups is 1. The highest BCUT2D eigenvalue weighted by molar-refractivity contribution is 5.95. The number of aryl methyl sites for hydroxylation is 1. The Morgan fingerprint density at radius 3 is 2.82 bits per heavy atom. The molecule has 0 aromatic carbocycles. The van der Waals surface area contributed by atoms with Crippen LogP contribution in [0.25, 0.3) is 0 Å². The van der Waals surface area contributed by atoms with E-state index in [2.05, 4.69) is 10.2 Å². The Balaban J connectivity index is 1.93. The maximum absolute atomic E-state index is 12.2. The molecular formula is C12H19N3O2. The minimum atomic E-state index is 0.0682. The number of aliphatic hydroxyl groups excluding tert-OH is 1. The number of hydrogen-bond donors (Lipinski definition) is 2. The Kier molecular flexibility index (Phi) is 3.78. The fourth-order valence-corrected chi connectivity index (χ4v) is 2.34. The molecule has 2 N–H and O–H groups in total. The van der Waals surface area contributed by atoms with Crippen LogP contribution in [0.3, 0.4) is 0 Å². The molecule has 1 aliphatic rings. The molecular weight excluding hydrogens is 218 g/mol. The van der Waals surface area contributed by atoms with E-state index >= 15 is 0 Å². The Morgan fingerprint density at radius 2 is 2.29 bits per heavy atom. The summed E-state index contributed by atoms with van der Waals surface area (Å²) >= 11 is 0. The number of likely N-dealkylation sites (tertiary alicyclic amines) is 1. The van der Waals surface area contributed by atoms with Gasteiger partial charge < -0.3 is 10.0 Å². The fraction of sp³-hybridized carbons (Fsp3) is 0.667. The van der Waals surface area contributed by atoms with Crippen LogP contribution in [0.4, 0.5) is 0 Å². The molecule has 0 atom stereocenters. The zero-order valence-corrected chi connectivity index (χ0v) is 10.1. The second-order valence-electron chi connectivity index (χ2n) is 4.66. The topological polar surface area (TPSA) is 69.2 Å². The molecule has 1 amide bonds. The van der Waals surface area contributed by atoms with Gasteiger partial charge in [0.25, 0.3) is 5.91 Å². The highest BCUT2D eigenvalue weighted by Crippen LogP contribution is 2.21. The van der Waals surface area contributed by atoms with Crippen molar-refractivity contribution in [2.24, 2.45) is 5.92 Å². The van der Waals surface area contributed by atoms with Gasteiger partial charge in [-0.2, -0.15) is 5.10 Å². The van der Waals surface area contributed by atoms with E-state index in [0.717, 1.165) is 38.0 Å². The van der Waals surface area contributed by atoms with Gasteiger partial charge >= 0.3 is 0 Å². The van der Waals surface area contributed by atoms with Crippen molar-refractivity contribution < 1.29 is 9.90 Å². The van der Waals surface area contributed by atoms with Crippen LogP contribution in [-0.4, -0.2) is 45.8 Å². The van der Waals surface area contributed by atoms with Crippen LogP contribution in [0.1, 0.15) is 35.3 Å². The van der Waals surface area contributed by atoms with Crippen LogP contribution in [-0.2, 0) is 0 Å². The second kappa shape index (κ2) is 5.31. The third-order valence-electron chi connectivity index (χ3n) is 3.50. The molecule has 0 radical (unpaired) electrons. The monoisotopic (exact) mass is 237 g/mol. The Hall–Kier alpha value is -1.36. The molecule has 0 spiro atoms. The average molecular weight is 237 g/mol. The summed E-state index contributed by atoms with van der Waals surface area (Å²) in [4.78, 5) is 14.0. The molecule has 1 aromatic rings. The maximum Gasteiger partial charge on any atom is 0.257 e. The van der Waals surface area contributed by atoms with Gasteiger partial charge in [-0.3, -0.25) is 9.89 Å². The summed E-state index contributed by atoms with van der Waals surface area (Å²) in [5, 5.41) is 15.6. The molecule has 2 rings (SSSR count). The lowest BCUT2D eigenvalue weighted by Gasteiger charge is -2.31. The molecule has 1 aliphatic heterocycles. The van der Waals surface area contributed by atoms with Gasteiger partial charge in [0.1, 0.15) is 0 Å². The smallest absolute Gasteiger partial charge is 0.257 e. The first kappa shape index (κ1) is 12.1. The van der Waals surface area contributed by atoms with E-state index in [0.29, 0.717) is 11.5 Å². The first-order valence-electron chi connectivity index (χ1n) is 6.12. The second-order valence-corrected chi connectivity index (χ2v) is 4.66. The van der Waals surface area contributed by atoms with E-state index in [9.17, 15) is 4.79 Å². The molecule has 0 unspecified atom stereocenters. The van der Waals surface area contributed by atoms with Crippen molar-refractivity contribution in [2.75, 3.05) is 19.7 Å². The molecule has 0 aliphatic carbocycles. The lowest BCUT2D eigenvalue weighted by atomic mass is 9.93. The van der Waals surface area contributed by atoms with Crippen molar-refractivity contribution in [1.82, 2.24) is 15.1 Å². The van der Waals surface area contributed by atoms with Gasteiger partial charge in [0.2, 0.25) is 0 Å². The van der Waals surface area contributed by atoms with Crippen LogP contribution >= 0.6 is 0 Å². The van der Waals surface area contributed by atoms with Crippen LogP contribution < -0.4 is 0 Å². The number of rotatable bonds is 3. The highest BCUT2D eigenvalue weighted by Gasteiger charge is 2.24. The van der Waals surface area contributed by atoms with Gasteiger partial charge in [-0.15, -0.1) is 0 Å². The molecule has 2 heterocycles. The Labute approximate surface area is 101 Å². The molecule has 1 saturated heterocycles. The molecule has 17 heavy (non-hydrogen) atoms. The average Bonchev–Trinajstić information content (AvgIpc) is 2.76. The Morgan fingerprint density at radius 1 is 1.59 bits per heavy atom. The predicted molar refractivity (Wildman–Crippen MR) is 63.7 cm³/mol. The quantitative estimate of drug-likeness (QED) is 0.822. The largest absolute Gasteiger partial charge is 0.396 e. The lowest BCUT2D eigenvalue weighted by molar-refractivity contribution is 0.0677. The van der Waals surface area contributed by atoms with Gasteiger partial charge in [-0.1, -0.05) is 0 Å². The molecule has 1 fully saturated rings. The van der Waals surface area contributed by atoms with E-state index in [1.54, 1.807) is 6.20 Å². The number of piperidine rings is 1. The summed E-state index contributed by atoms with van der Waals surface area (Å²) in [5.41, 5.74) is 1.50. The summed E-state index contributed by atoms with van der Waals surface area (Å²) in [6.07, 6.45) is 4.43. The summed E-state index contributed by atoms with van der Waals surface area (Å²) in [6.45, 7) is 3.68. The maximum atomic E-state index is 12.2. The fourth-order valence-electron chi connectivity index (χ4n) is 2.34. The van der Waals surface area contributed by atoms with Crippen LogP contribution in [0.15, 0.2) is 6.20 Å². The lowest BCUT2D eigenvalue weighted by Crippen LogP contribution is -2.38. The summed E-state index contributed by atoms with van der Waals surface area (Å²) in [7, 11) is 0. The summed E-state index contributed by atoms with van der Waals surface area (Å²) in [5.74, 6) is 0.633. The Bertz CT molecular complexity index is 381. The van der Waals surface area contributed by atoms with Crippen LogP contribution in [0.2, 0.25) is 0 Å². The van der Waals surface area contributed by atoms with Crippen molar-refractivity contribution in [3.8, 4) is 0 Å². The van der Waals surface area contributed by atoms with E-state index in [4.69, 9.17) is 5.11 Å². The van der Waals surface area contributed by atoms with Crippen molar-refractivity contribution >= 4 is 5.91 Å². The SMILES string of the molecule is Cc1[nH]ncc1C(=O)N1CCC(CCO)CC1. The number of H-pyrrole nitrogens is 1. The van der Waals surface area contributed by atoms with E-state index in [-0.39, 0.29) is 12.5 Å². The molecule has 0 saturated carbocycles. The van der Waals surface area contributed by atoms with Gasteiger partial charge in [0, 0.05) is 25.4 Å². The molecule has 94 valence electrons. The number of hydrogen-bond acceptors (Lipinski definition) is 3. The first-order chi connectivity index (χ1) is 8.22. The van der Waals surface area contributed by atoms with E-state index in [1.807, 2.05) is 11.8 Å². The summed E-state index contributed by atoms with van der Waals surface area (Å²) in [6, 6.07) is 0. The molecule has 1 aromatic heterocycles. The first-order valence-corrected chi connectivity index (χ1v) is 6.12. The minimum absolute atomic E-state index is 0.0682. The van der Waals surface area contributed by atoms with Crippen molar-refractivity contribution in [3.05, 3.63) is 17.5 Å². The van der Waals surface area contributed by atoms with Gasteiger partial charge in [0.05, 0.1) is 11.8 Å². The van der Waals surface area contributed by atoms with Crippen LogP contribution in [0.5, 0.6) is 0 Å². The number of nitrogens with zero attached hydrogens (tertiary/aromatic N) is 2. The van der Waals surface area contributed by atoms with Gasteiger partial charge in [0.15, 0.2) is 0 Å². The molecule has 5 nitrogen and oxygen atoms in total. The van der Waals surface area contributed by atoms with Crippen molar-refractivity contribution in [2.45, 2.75) is 26.2 Å². The van der Waals surface area contributed by atoms with E-state index < -0.39 is 0 Å². The molecule has 5 heteroatoms. The number of nitrogens with one attached hydrogen (secondary N) is 1. The zero-order valence-electron chi connectivity index (χ0n) is 10.1. The predicted octanol–water partition coefficient (Wildman–Crippen LogP) is 0.953. The van der Waals surface area contributed by atoms with Crippen LogP contribution in [0, 0.1) is 12.8 Å². The number of amides is 1. The van der Waals surface area contributed by atoms with Gasteiger partial charge in [-0.05, 0) is 32.1 Å². The van der Waals surface area contributed by atoms with Crippen molar-refractivity contribution in [1.29, 1.82) is 0 Å². The van der Waals surface area contributed by atoms with E-state index in [1.165, 1.54) is 0 Å². The zero-order chi connectivity index (χ0) is 12.3. The number of aliphatic hydroxyl groups is 1. The number of aromatic amines is 1. The molecule has 0 bridgehead atoms.